The van der Waals surface area contributed by atoms with Crippen molar-refractivity contribution in [1.29, 1.82) is 0 Å². The number of alkyl halides is 3. The van der Waals surface area contributed by atoms with Crippen LogP contribution in [0.1, 0.15) is 51.7 Å². The van der Waals surface area contributed by atoms with Gasteiger partial charge in [-0.05, 0) is 25.8 Å². The molecule has 22 heavy (non-hydrogen) atoms. The lowest BCUT2D eigenvalue weighted by Gasteiger charge is -2.17. The molecule has 2 heterocycles. The molecule has 1 fully saturated rings. The number of aromatic nitrogens is 3. The van der Waals surface area contributed by atoms with E-state index in [-0.39, 0.29) is 10.7 Å². The van der Waals surface area contributed by atoms with Crippen molar-refractivity contribution in [3.8, 4) is 0 Å². The third-order valence-electron chi connectivity index (χ3n) is 3.21. The van der Waals surface area contributed by atoms with Crippen LogP contribution >= 0.6 is 11.3 Å². The second-order valence-electron chi connectivity index (χ2n) is 5.14. The first-order valence-electron chi connectivity index (χ1n) is 6.59. The zero-order valence-electron chi connectivity index (χ0n) is 11.5. The van der Waals surface area contributed by atoms with E-state index in [9.17, 15) is 18.0 Å². The van der Waals surface area contributed by atoms with E-state index in [4.69, 9.17) is 0 Å². The monoisotopic (exact) mass is 331 g/mol. The molecule has 0 unspecified atom stereocenters. The zero-order valence-corrected chi connectivity index (χ0v) is 12.3. The summed E-state index contributed by atoms with van der Waals surface area (Å²) in [5.41, 5.74) is 1.05. The highest BCUT2D eigenvalue weighted by molar-refractivity contribution is 7.09. The number of hydrogen-bond donors (Lipinski definition) is 1. The Morgan fingerprint density at radius 2 is 2.23 bits per heavy atom. The Morgan fingerprint density at radius 3 is 2.77 bits per heavy atom. The van der Waals surface area contributed by atoms with Crippen LogP contribution in [0.4, 0.5) is 13.2 Å². The number of hydrogen-bond acceptors (Lipinski definition) is 5. The predicted molar refractivity (Wildman–Crippen MR) is 71.6 cm³/mol. The molecule has 5 nitrogen and oxygen atoms in total. The quantitative estimate of drug-likeness (QED) is 0.871. The van der Waals surface area contributed by atoms with E-state index in [1.807, 2.05) is 0 Å². The molecule has 1 aliphatic rings. The number of nitrogens with one attached hydrogen (secondary N) is 1. The van der Waals surface area contributed by atoms with E-state index in [1.54, 1.807) is 6.92 Å². The van der Waals surface area contributed by atoms with Crippen LogP contribution in [0.2, 0.25) is 0 Å². The van der Waals surface area contributed by atoms with Crippen LogP contribution in [0.5, 0.6) is 0 Å². The molecule has 0 saturated heterocycles. The summed E-state index contributed by atoms with van der Waals surface area (Å²) in [6.45, 7) is 1.57. The van der Waals surface area contributed by atoms with Gasteiger partial charge in [-0.15, -0.1) is 11.3 Å². The molecule has 0 radical (unpaired) electrons. The van der Waals surface area contributed by atoms with Gasteiger partial charge in [-0.1, -0.05) is 0 Å². The van der Waals surface area contributed by atoms with Crippen LogP contribution in [0, 0.1) is 6.92 Å². The number of thiazole rings is 1. The number of halogens is 3. The molecule has 1 aliphatic carbocycles. The molecule has 118 valence electrons. The van der Waals surface area contributed by atoms with Gasteiger partial charge < -0.3 is 4.74 Å². The smallest absolute Gasteiger partial charge is 0.432 e. The van der Waals surface area contributed by atoms with Crippen molar-refractivity contribution in [2.45, 2.75) is 38.0 Å². The Labute approximate surface area is 127 Å². The predicted octanol–water partition coefficient (Wildman–Crippen LogP) is 3.51. The second-order valence-corrected chi connectivity index (χ2v) is 6.03. The summed E-state index contributed by atoms with van der Waals surface area (Å²) in [5, 5.41) is 7.57. The van der Waals surface area contributed by atoms with Crippen molar-refractivity contribution in [3.63, 3.8) is 0 Å². The first-order chi connectivity index (χ1) is 10.3. The molecule has 1 saturated carbocycles. The Morgan fingerprint density at radius 1 is 1.50 bits per heavy atom. The van der Waals surface area contributed by atoms with Gasteiger partial charge in [0, 0.05) is 22.7 Å². The van der Waals surface area contributed by atoms with Gasteiger partial charge in [0.05, 0.1) is 0 Å². The van der Waals surface area contributed by atoms with Gasteiger partial charge in [0.1, 0.15) is 5.01 Å². The first-order valence-corrected chi connectivity index (χ1v) is 7.47. The van der Waals surface area contributed by atoms with Crippen molar-refractivity contribution in [2.75, 3.05) is 0 Å². The van der Waals surface area contributed by atoms with Gasteiger partial charge in [-0.25, -0.2) is 9.78 Å². The molecule has 2 aromatic rings. The lowest BCUT2D eigenvalue weighted by atomic mass is 10.2. The van der Waals surface area contributed by atoms with Gasteiger partial charge in [0.2, 0.25) is 6.10 Å². The van der Waals surface area contributed by atoms with Crippen LogP contribution in [0.3, 0.4) is 0 Å². The largest absolute Gasteiger partial charge is 0.440 e. The van der Waals surface area contributed by atoms with Gasteiger partial charge >= 0.3 is 12.1 Å². The summed E-state index contributed by atoms with van der Waals surface area (Å²) in [6.07, 6.45) is -5.13. The van der Waals surface area contributed by atoms with Gasteiger partial charge in [0.25, 0.3) is 0 Å². The Kier molecular flexibility index (Phi) is 3.67. The Hall–Kier alpha value is -1.90. The minimum atomic E-state index is -4.73. The number of aryl methyl sites for hydroxylation is 1. The van der Waals surface area contributed by atoms with Crippen molar-refractivity contribution >= 4 is 17.3 Å². The van der Waals surface area contributed by atoms with Gasteiger partial charge in [-0.2, -0.15) is 18.3 Å². The average Bonchev–Trinajstić information content (AvgIpc) is 3.00. The average molecular weight is 331 g/mol. The van der Waals surface area contributed by atoms with Gasteiger partial charge in [0.15, 0.2) is 5.69 Å². The van der Waals surface area contributed by atoms with E-state index < -0.39 is 18.2 Å². The Bertz CT molecular complexity index is 691. The minimum absolute atomic E-state index is 0.149. The lowest BCUT2D eigenvalue weighted by molar-refractivity contribution is -0.207. The van der Waals surface area contributed by atoms with Crippen LogP contribution < -0.4 is 0 Å². The fourth-order valence-corrected chi connectivity index (χ4v) is 2.81. The van der Waals surface area contributed by atoms with E-state index >= 15 is 0 Å². The summed E-state index contributed by atoms with van der Waals surface area (Å²) in [7, 11) is 0. The highest BCUT2D eigenvalue weighted by atomic mass is 32.1. The number of aromatic amines is 1. The van der Waals surface area contributed by atoms with Crippen molar-refractivity contribution in [1.82, 2.24) is 15.2 Å². The van der Waals surface area contributed by atoms with Crippen molar-refractivity contribution < 1.29 is 22.7 Å². The van der Waals surface area contributed by atoms with E-state index in [2.05, 4.69) is 19.9 Å². The van der Waals surface area contributed by atoms with Crippen LogP contribution in [-0.2, 0) is 4.74 Å². The van der Waals surface area contributed by atoms with Crippen LogP contribution in [0.15, 0.2) is 11.4 Å². The maximum atomic E-state index is 13.1. The van der Waals surface area contributed by atoms with Crippen molar-refractivity contribution in [3.05, 3.63) is 33.5 Å². The molecule has 0 spiro atoms. The maximum Gasteiger partial charge on any atom is 0.432 e. The topological polar surface area (TPSA) is 67.9 Å². The molecule has 3 rings (SSSR count). The number of H-pyrrole nitrogens is 1. The third-order valence-corrected chi connectivity index (χ3v) is 4.21. The molecule has 1 atom stereocenters. The number of ether oxygens (including phenoxy) is 1. The second kappa shape index (κ2) is 5.38. The number of esters is 1. The number of rotatable bonds is 4. The molecule has 0 bridgehead atoms. The van der Waals surface area contributed by atoms with Crippen molar-refractivity contribution in [2.24, 2.45) is 0 Å². The van der Waals surface area contributed by atoms with E-state index in [0.29, 0.717) is 11.6 Å². The molecule has 0 amide bonds. The summed E-state index contributed by atoms with van der Waals surface area (Å²) in [5.74, 6) is -0.799. The number of carbonyl (C=O) groups is 1. The molecular weight excluding hydrogens is 319 g/mol. The Balaban J connectivity index is 1.78. The zero-order chi connectivity index (χ0) is 15.9. The SMILES string of the molecule is Cc1csc([C@H](OC(=O)c2cc(C3CC3)[nH]n2)C(F)(F)F)n1. The number of nitrogens with zero attached hydrogens (tertiary/aromatic N) is 2. The van der Waals surface area contributed by atoms with Crippen LogP contribution in [-0.4, -0.2) is 27.3 Å². The normalized spacial score (nSPS) is 16.5. The molecule has 2 aromatic heterocycles. The van der Waals surface area contributed by atoms with Gasteiger partial charge in [-0.3, -0.25) is 5.10 Å². The molecule has 0 aliphatic heterocycles. The molecule has 1 N–H and O–H groups in total. The third kappa shape index (κ3) is 3.13. The fourth-order valence-electron chi connectivity index (χ4n) is 1.96. The van der Waals surface area contributed by atoms with E-state index in [1.165, 1.54) is 11.4 Å². The fraction of sp³-hybridized carbons (Fsp3) is 0.462. The highest BCUT2D eigenvalue weighted by Crippen LogP contribution is 2.40. The highest BCUT2D eigenvalue weighted by Gasteiger charge is 2.46. The maximum absolute atomic E-state index is 13.1. The summed E-state index contributed by atoms with van der Waals surface area (Å²) in [6, 6.07) is 1.44. The standard InChI is InChI=1S/C13H12F3N3O2S/c1-6-5-22-11(17-6)10(13(14,15)16)21-12(20)9-4-8(18-19-9)7-2-3-7/h4-5,7,10H,2-3H2,1H3,(H,18,19)/t10-/m0/s1. The summed E-state index contributed by atoms with van der Waals surface area (Å²) < 4.78 is 43.9. The minimum Gasteiger partial charge on any atom is -0.440 e. The van der Waals surface area contributed by atoms with Crippen LogP contribution in [0.25, 0.3) is 0 Å². The first kappa shape index (κ1) is 15.0. The summed E-state index contributed by atoms with van der Waals surface area (Å²) >= 11 is 0.805. The number of carbonyl (C=O) groups excluding carboxylic acids is 1. The van der Waals surface area contributed by atoms with E-state index in [0.717, 1.165) is 29.9 Å². The molecule has 9 heteroatoms. The molecule has 0 aromatic carbocycles. The summed E-state index contributed by atoms with van der Waals surface area (Å²) in [4.78, 5) is 15.7. The lowest BCUT2D eigenvalue weighted by Crippen LogP contribution is -2.26. The molecular formula is C13H12F3N3O2S.